The van der Waals surface area contributed by atoms with E-state index in [0.717, 1.165) is 26.7 Å². The molecule has 2 aromatic rings. The number of amides is 1. The number of carbonyl (C=O) groups is 1. The maximum absolute atomic E-state index is 11.2. The van der Waals surface area contributed by atoms with E-state index in [0.29, 0.717) is 0 Å². The molecule has 2 rings (SSSR count). The lowest BCUT2D eigenvalue weighted by atomic mass is 10.1. The zero-order valence-corrected chi connectivity index (χ0v) is 12.5. The van der Waals surface area contributed by atoms with Crippen LogP contribution in [0.1, 0.15) is 11.1 Å². The second-order valence-electron chi connectivity index (χ2n) is 4.33. The highest BCUT2D eigenvalue weighted by Gasteiger charge is 2.09. The molecule has 4 nitrogen and oxygen atoms in total. The first-order chi connectivity index (χ1) is 9.60. The summed E-state index contributed by atoms with van der Waals surface area (Å²) in [4.78, 5) is 16.7. The fraction of sp³-hybridized carbons (Fsp3) is 0.200. The van der Waals surface area contributed by atoms with Gasteiger partial charge in [0.15, 0.2) is 0 Å². The number of hydrogen-bond donors (Lipinski definition) is 1. The number of pyridine rings is 1. The van der Waals surface area contributed by atoms with Crippen LogP contribution in [-0.2, 0) is 4.74 Å². The number of aromatic nitrogens is 1. The molecular formula is C15H16N2O2S. The highest BCUT2D eigenvalue weighted by Crippen LogP contribution is 2.33. The molecule has 0 bridgehead atoms. The second-order valence-corrected chi connectivity index (χ2v) is 5.36. The Hall–Kier alpha value is -2.01. The summed E-state index contributed by atoms with van der Waals surface area (Å²) in [5, 5.41) is 3.63. The maximum Gasteiger partial charge on any atom is 0.411 e. The molecule has 5 heteroatoms. The van der Waals surface area contributed by atoms with Gasteiger partial charge in [0.25, 0.3) is 0 Å². The normalized spacial score (nSPS) is 10.2. The molecule has 0 atom stereocenters. The van der Waals surface area contributed by atoms with Gasteiger partial charge in [-0.05, 0) is 49.2 Å². The Kier molecular flexibility index (Phi) is 4.63. The van der Waals surface area contributed by atoms with Crippen molar-refractivity contribution in [3.63, 3.8) is 0 Å². The van der Waals surface area contributed by atoms with E-state index in [-0.39, 0.29) is 0 Å². The molecule has 1 heterocycles. The molecule has 0 saturated heterocycles. The Morgan fingerprint density at radius 2 is 1.95 bits per heavy atom. The Morgan fingerprint density at radius 3 is 2.50 bits per heavy atom. The van der Waals surface area contributed by atoms with Crippen LogP contribution in [0.4, 0.5) is 10.5 Å². The Morgan fingerprint density at radius 1 is 1.25 bits per heavy atom. The van der Waals surface area contributed by atoms with Gasteiger partial charge in [-0.25, -0.2) is 9.78 Å². The quantitative estimate of drug-likeness (QED) is 0.926. The maximum atomic E-state index is 11.2. The standard InChI is InChI=1S/C15H16N2O2S/c1-10-8-12(17-15(18)19-3)9-11(2)14(10)20-13-6-4-5-7-16-13/h4-9H,1-3H3,(H,17,18). The highest BCUT2D eigenvalue weighted by atomic mass is 32.2. The average Bonchev–Trinajstić information content (AvgIpc) is 2.44. The smallest absolute Gasteiger partial charge is 0.411 e. The van der Waals surface area contributed by atoms with Crippen molar-refractivity contribution in [3.8, 4) is 0 Å². The lowest BCUT2D eigenvalue weighted by Crippen LogP contribution is -2.11. The summed E-state index contributed by atoms with van der Waals surface area (Å²) in [5.41, 5.74) is 2.91. The van der Waals surface area contributed by atoms with Crippen molar-refractivity contribution < 1.29 is 9.53 Å². The third kappa shape index (κ3) is 3.51. The van der Waals surface area contributed by atoms with Gasteiger partial charge >= 0.3 is 6.09 Å². The van der Waals surface area contributed by atoms with E-state index < -0.39 is 6.09 Å². The van der Waals surface area contributed by atoms with E-state index in [4.69, 9.17) is 0 Å². The van der Waals surface area contributed by atoms with Crippen molar-refractivity contribution in [2.24, 2.45) is 0 Å². The van der Waals surface area contributed by atoms with Gasteiger partial charge in [-0.2, -0.15) is 0 Å². The summed E-state index contributed by atoms with van der Waals surface area (Å²) in [6, 6.07) is 9.69. The van der Waals surface area contributed by atoms with Crippen LogP contribution in [0.2, 0.25) is 0 Å². The summed E-state index contributed by atoms with van der Waals surface area (Å²) in [6.45, 7) is 4.03. The van der Waals surface area contributed by atoms with Crippen molar-refractivity contribution in [1.82, 2.24) is 4.98 Å². The van der Waals surface area contributed by atoms with E-state index >= 15 is 0 Å². The van der Waals surface area contributed by atoms with Crippen LogP contribution in [-0.4, -0.2) is 18.2 Å². The number of nitrogens with zero attached hydrogens (tertiary/aromatic N) is 1. The number of aryl methyl sites for hydroxylation is 2. The molecule has 1 amide bonds. The molecule has 0 aliphatic carbocycles. The van der Waals surface area contributed by atoms with Crippen molar-refractivity contribution in [1.29, 1.82) is 0 Å². The predicted octanol–water partition coefficient (Wildman–Crippen LogP) is 4.03. The first kappa shape index (κ1) is 14.4. The third-order valence-corrected chi connectivity index (χ3v) is 4.04. The van der Waals surface area contributed by atoms with E-state index in [9.17, 15) is 4.79 Å². The van der Waals surface area contributed by atoms with Gasteiger partial charge in [0.05, 0.1) is 7.11 Å². The molecule has 0 fully saturated rings. The van der Waals surface area contributed by atoms with Crippen LogP contribution in [0.25, 0.3) is 0 Å². The first-order valence-electron chi connectivity index (χ1n) is 6.15. The molecule has 20 heavy (non-hydrogen) atoms. The second kappa shape index (κ2) is 6.43. The van der Waals surface area contributed by atoms with E-state index in [1.807, 2.05) is 44.2 Å². The van der Waals surface area contributed by atoms with Gasteiger partial charge in [-0.15, -0.1) is 0 Å². The summed E-state index contributed by atoms with van der Waals surface area (Å²) in [6.07, 6.45) is 1.31. The summed E-state index contributed by atoms with van der Waals surface area (Å²) in [5.74, 6) is 0. The number of ether oxygens (including phenoxy) is 1. The van der Waals surface area contributed by atoms with E-state index in [1.54, 1.807) is 18.0 Å². The molecule has 1 aromatic carbocycles. The number of anilines is 1. The van der Waals surface area contributed by atoms with Crippen LogP contribution in [0.5, 0.6) is 0 Å². The third-order valence-electron chi connectivity index (χ3n) is 2.74. The number of methoxy groups -OCH3 is 1. The minimum Gasteiger partial charge on any atom is -0.453 e. The summed E-state index contributed by atoms with van der Waals surface area (Å²) in [7, 11) is 1.35. The fourth-order valence-electron chi connectivity index (χ4n) is 1.86. The molecule has 0 unspecified atom stereocenters. The van der Waals surface area contributed by atoms with E-state index in [2.05, 4.69) is 15.0 Å². The molecule has 1 N–H and O–H groups in total. The van der Waals surface area contributed by atoms with Crippen LogP contribution in [0.15, 0.2) is 46.5 Å². The monoisotopic (exact) mass is 288 g/mol. The largest absolute Gasteiger partial charge is 0.453 e. The molecule has 0 saturated carbocycles. The van der Waals surface area contributed by atoms with Crippen LogP contribution < -0.4 is 5.32 Å². The lowest BCUT2D eigenvalue weighted by molar-refractivity contribution is 0.187. The van der Waals surface area contributed by atoms with Crippen molar-refractivity contribution in [2.75, 3.05) is 12.4 Å². The van der Waals surface area contributed by atoms with Gasteiger partial charge in [0.2, 0.25) is 0 Å². The molecule has 1 aromatic heterocycles. The van der Waals surface area contributed by atoms with Crippen molar-refractivity contribution in [3.05, 3.63) is 47.7 Å². The minimum atomic E-state index is -0.464. The first-order valence-corrected chi connectivity index (χ1v) is 6.97. The van der Waals surface area contributed by atoms with Crippen LogP contribution in [0, 0.1) is 13.8 Å². The molecule has 0 aliphatic heterocycles. The van der Waals surface area contributed by atoms with Gasteiger partial charge < -0.3 is 4.74 Å². The predicted molar refractivity (Wildman–Crippen MR) is 80.3 cm³/mol. The Balaban J connectivity index is 2.25. The van der Waals surface area contributed by atoms with E-state index in [1.165, 1.54) is 7.11 Å². The SMILES string of the molecule is COC(=O)Nc1cc(C)c(Sc2ccccn2)c(C)c1. The average molecular weight is 288 g/mol. The topological polar surface area (TPSA) is 51.2 Å². The fourth-order valence-corrected chi connectivity index (χ4v) is 2.77. The van der Waals surface area contributed by atoms with Crippen LogP contribution in [0.3, 0.4) is 0 Å². The Bertz CT molecular complexity index is 592. The van der Waals surface area contributed by atoms with Crippen molar-refractivity contribution >= 4 is 23.5 Å². The zero-order valence-electron chi connectivity index (χ0n) is 11.6. The number of carbonyl (C=O) groups excluding carboxylic acids is 1. The Labute approximate surface area is 122 Å². The minimum absolute atomic E-state index is 0.464. The van der Waals surface area contributed by atoms with Gasteiger partial charge in [0, 0.05) is 16.8 Å². The molecule has 0 radical (unpaired) electrons. The molecule has 0 aliphatic rings. The number of nitrogens with one attached hydrogen (secondary N) is 1. The van der Waals surface area contributed by atoms with Gasteiger partial charge in [0.1, 0.15) is 5.03 Å². The lowest BCUT2D eigenvalue weighted by Gasteiger charge is -2.12. The number of hydrogen-bond acceptors (Lipinski definition) is 4. The number of benzene rings is 1. The zero-order chi connectivity index (χ0) is 14.5. The number of rotatable bonds is 3. The van der Waals surface area contributed by atoms with Crippen LogP contribution >= 0.6 is 11.8 Å². The summed E-state index contributed by atoms with van der Waals surface area (Å²) >= 11 is 1.62. The van der Waals surface area contributed by atoms with Gasteiger partial charge in [-0.1, -0.05) is 17.8 Å². The van der Waals surface area contributed by atoms with Gasteiger partial charge in [-0.3, -0.25) is 5.32 Å². The summed E-state index contributed by atoms with van der Waals surface area (Å²) < 4.78 is 4.59. The molecule has 104 valence electrons. The van der Waals surface area contributed by atoms with Crippen molar-refractivity contribution in [2.45, 2.75) is 23.8 Å². The molecular weight excluding hydrogens is 272 g/mol. The molecule has 0 spiro atoms. The highest BCUT2D eigenvalue weighted by molar-refractivity contribution is 7.99.